The molecule has 0 radical (unpaired) electrons. The Morgan fingerprint density at radius 3 is 2.33 bits per heavy atom. The molecule has 0 aliphatic carbocycles. The number of ether oxygens (including phenoxy) is 1. The minimum atomic E-state index is -0.155. The van der Waals surface area contributed by atoms with Gasteiger partial charge in [0.2, 0.25) is 0 Å². The maximum atomic E-state index is 6.02. The van der Waals surface area contributed by atoms with Gasteiger partial charge in [-0.1, -0.05) is 51.5 Å². The van der Waals surface area contributed by atoms with Crippen LogP contribution in [0, 0.1) is 0 Å². The van der Waals surface area contributed by atoms with E-state index in [1.165, 1.54) is 32.4 Å². The monoisotopic (exact) mass is 443 g/mol. The number of hydrogen-bond donors (Lipinski definition) is 0. The molecular weight excluding hydrogens is 410 g/mol. The Morgan fingerprint density at radius 2 is 1.61 bits per heavy atom. The minimum Gasteiger partial charge on any atom is -0.494 e. The second kappa shape index (κ2) is 9.10. The quantitative estimate of drug-likeness (QED) is 0.369. The number of hydrogen-bond acceptors (Lipinski definition) is 5. The summed E-state index contributed by atoms with van der Waals surface area (Å²) in [6, 6.07) is 16.6. The zero-order valence-electron chi connectivity index (χ0n) is 19.9. The summed E-state index contributed by atoms with van der Waals surface area (Å²) in [4.78, 5) is 2.56. The van der Waals surface area contributed by atoms with Crippen molar-refractivity contribution in [1.29, 1.82) is 0 Å². The number of piperidine rings is 1. The van der Waals surface area contributed by atoms with Crippen LogP contribution in [0.3, 0.4) is 0 Å². The lowest BCUT2D eigenvalue weighted by Gasteiger charge is -2.26. The minimum absolute atomic E-state index is 0.155. The van der Waals surface area contributed by atoms with Crippen LogP contribution in [0.15, 0.2) is 48.5 Å². The van der Waals surface area contributed by atoms with Crippen LogP contribution in [0.2, 0.25) is 0 Å². The van der Waals surface area contributed by atoms with Crippen molar-refractivity contribution in [2.45, 2.75) is 51.9 Å². The number of nitrogens with zero attached hydrogens (tertiary/aromatic N) is 5. The van der Waals surface area contributed by atoms with Gasteiger partial charge in [0, 0.05) is 28.3 Å². The summed E-state index contributed by atoms with van der Waals surface area (Å²) in [6.45, 7) is 10.8. The Bertz CT molecular complexity index is 1230. The van der Waals surface area contributed by atoms with Gasteiger partial charge in [0.05, 0.1) is 12.3 Å². The molecule has 2 aromatic heterocycles. The topological polar surface area (TPSA) is 55.6 Å². The van der Waals surface area contributed by atoms with E-state index in [0.29, 0.717) is 0 Å². The van der Waals surface area contributed by atoms with Gasteiger partial charge in [0.1, 0.15) is 5.75 Å². The number of fused-ring (bicyclic) bond motifs is 3. The first-order valence-electron chi connectivity index (χ1n) is 12.1. The fourth-order valence-corrected chi connectivity index (χ4v) is 4.63. The summed E-state index contributed by atoms with van der Waals surface area (Å²) in [5.74, 6) is 1.76. The molecule has 1 saturated heterocycles. The summed E-state index contributed by atoms with van der Waals surface area (Å²) in [7, 11) is 0. The Labute approximate surface area is 195 Å². The van der Waals surface area contributed by atoms with Crippen molar-refractivity contribution in [2.24, 2.45) is 0 Å². The molecule has 0 N–H and O–H groups in total. The Hall–Kier alpha value is -2.99. The number of likely N-dealkylation sites (tertiary alicyclic amines) is 1. The highest BCUT2D eigenvalue weighted by Gasteiger charge is 2.24. The van der Waals surface area contributed by atoms with Gasteiger partial charge < -0.3 is 9.64 Å². The number of rotatable bonds is 6. The molecule has 4 aromatic rings. The summed E-state index contributed by atoms with van der Waals surface area (Å²) < 4.78 is 7.93. The highest BCUT2D eigenvalue weighted by Crippen LogP contribution is 2.31. The van der Waals surface area contributed by atoms with Crippen molar-refractivity contribution in [3.8, 4) is 17.0 Å². The Morgan fingerprint density at radius 1 is 0.879 bits per heavy atom. The standard InChI is InChI=1S/C27H33N5O/c1-27(2,3)26-29-28-25-23-11-6-5-10-22(23)24(30-32(25)26)20-12-14-21(15-13-20)33-19-9-18-31-16-7-4-8-17-31/h5-6,10-15H,4,7-9,16-19H2,1-3H3. The molecule has 5 rings (SSSR count). The second-order valence-electron chi connectivity index (χ2n) is 10.0. The van der Waals surface area contributed by atoms with Crippen LogP contribution in [-0.2, 0) is 5.41 Å². The lowest BCUT2D eigenvalue weighted by atomic mass is 9.96. The summed E-state index contributed by atoms with van der Waals surface area (Å²) in [6.07, 6.45) is 5.12. The van der Waals surface area contributed by atoms with Crippen LogP contribution in [0.1, 0.15) is 52.3 Å². The Balaban J connectivity index is 1.38. The first-order valence-corrected chi connectivity index (χ1v) is 12.1. The largest absolute Gasteiger partial charge is 0.494 e. The van der Waals surface area contributed by atoms with E-state index in [0.717, 1.165) is 58.8 Å². The van der Waals surface area contributed by atoms with Crippen molar-refractivity contribution < 1.29 is 4.74 Å². The van der Waals surface area contributed by atoms with Crippen molar-refractivity contribution >= 4 is 16.4 Å². The smallest absolute Gasteiger partial charge is 0.185 e. The molecule has 1 fully saturated rings. The molecular formula is C27H33N5O. The molecule has 0 unspecified atom stereocenters. The fourth-order valence-electron chi connectivity index (χ4n) is 4.63. The highest BCUT2D eigenvalue weighted by atomic mass is 16.5. The van der Waals surface area contributed by atoms with Gasteiger partial charge in [-0.3, -0.25) is 0 Å². The normalized spacial score (nSPS) is 15.4. The fraction of sp³-hybridized carbons (Fsp3) is 0.444. The van der Waals surface area contributed by atoms with Gasteiger partial charge >= 0.3 is 0 Å². The Kier molecular flexibility index (Phi) is 6.02. The first kappa shape index (κ1) is 21.8. The van der Waals surface area contributed by atoms with E-state index >= 15 is 0 Å². The molecule has 6 heteroatoms. The van der Waals surface area contributed by atoms with E-state index in [2.05, 4.69) is 60.1 Å². The molecule has 172 valence electrons. The van der Waals surface area contributed by atoms with Crippen LogP contribution < -0.4 is 4.74 Å². The third-order valence-electron chi connectivity index (χ3n) is 6.40. The number of aromatic nitrogens is 4. The molecule has 0 saturated carbocycles. The molecule has 0 atom stereocenters. The predicted molar refractivity (Wildman–Crippen MR) is 133 cm³/mol. The van der Waals surface area contributed by atoms with Gasteiger partial charge in [0.15, 0.2) is 11.5 Å². The summed E-state index contributed by atoms with van der Waals surface area (Å²) in [5, 5.41) is 16.1. The van der Waals surface area contributed by atoms with Gasteiger partial charge in [-0.25, -0.2) is 0 Å². The summed E-state index contributed by atoms with van der Waals surface area (Å²) >= 11 is 0. The van der Waals surface area contributed by atoms with Gasteiger partial charge in [-0.2, -0.15) is 9.61 Å². The van der Waals surface area contributed by atoms with E-state index in [9.17, 15) is 0 Å². The van der Waals surface area contributed by atoms with Gasteiger partial charge in [0.25, 0.3) is 0 Å². The van der Waals surface area contributed by atoms with E-state index in [1.54, 1.807) is 0 Å². The number of benzene rings is 2. The molecule has 0 amide bonds. The van der Waals surface area contributed by atoms with Gasteiger partial charge in [-0.15, -0.1) is 10.2 Å². The predicted octanol–water partition coefficient (Wildman–Crippen LogP) is 5.50. The zero-order chi connectivity index (χ0) is 22.8. The van der Waals surface area contributed by atoms with Crippen molar-refractivity contribution in [3.63, 3.8) is 0 Å². The van der Waals surface area contributed by atoms with Crippen LogP contribution in [0.25, 0.3) is 27.7 Å². The molecule has 2 aromatic carbocycles. The lowest BCUT2D eigenvalue weighted by Crippen LogP contribution is -2.31. The maximum Gasteiger partial charge on any atom is 0.185 e. The van der Waals surface area contributed by atoms with Crippen LogP contribution in [-0.4, -0.2) is 51.0 Å². The molecule has 33 heavy (non-hydrogen) atoms. The molecule has 0 bridgehead atoms. The zero-order valence-corrected chi connectivity index (χ0v) is 19.9. The maximum absolute atomic E-state index is 6.02. The van der Waals surface area contributed by atoms with E-state index in [4.69, 9.17) is 9.84 Å². The molecule has 6 nitrogen and oxygen atoms in total. The van der Waals surface area contributed by atoms with Gasteiger partial charge in [-0.05, 0) is 56.6 Å². The van der Waals surface area contributed by atoms with Crippen LogP contribution >= 0.6 is 0 Å². The van der Waals surface area contributed by atoms with Crippen molar-refractivity contribution in [3.05, 3.63) is 54.4 Å². The van der Waals surface area contributed by atoms with Crippen molar-refractivity contribution in [1.82, 2.24) is 24.7 Å². The third kappa shape index (κ3) is 4.58. The van der Waals surface area contributed by atoms with E-state index in [-0.39, 0.29) is 5.41 Å². The second-order valence-corrected chi connectivity index (χ2v) is 10.0. The average molecular weight is 444 g/mol. The average Bonchev–Trinajstić information content (AvgIpc) is 3.27. The lowest BCUT2D eigenvalue weighted by molar-refractivity contribution is 0.205. The SMILES string of the molecule is CC(C)(C)c1nnc2c3ccccc3c(-c3ccc(OCCCN4CCCCC4)cc3)nn12. The third-order valence-corrected chi connectivity index (χ3v) is 6.40. The molecule has 1 aliphatic heterocycles. The molecule has 1 aliphatic rings. The van der Waals surface area contributed by atoms with Crippen LogP contribution in [0.5, 0.6) is 5.75 Å². The highest BCUT2D eigenvalue weighted by molar-refractivity contribution is 6.01. The van der Waals surface area contributed by atoms with E-state index in [1.807, 2.05) is 28.8 Å². The van der Waals surface area contributed by atoms with Crippen LogP contribution in [0.4, 0.5) is 0 Å². The summed E-state index contributed by atoms with van der Waals surface area (Å²) in [5.41, 5.74) is 2.63. The molecule has 3 heterocycles. The van der Waals surface area contributed by atoms with E-state index < -0.39 is 0 Å². The first-order chi connectivity index (χ1) is 16.0. The van der Waals surface area contributed by atoms with Crippen molar-refractivity contribution in [2.75, 3.05) is 26.2 Å². The molecule has 0 spiro atoms.